The topological polar surface area (TPSA) is 77.1 Å². The van der Waals surface area contributed by atoms with Crippen LogP contribution in [0.3, 0.4) is 0 Å². The second-order valence-electron chi connectivity index (χ2n) is 6.19. The molecule has 7 nitrogen and oxygen atoms in total. The lowest BCUT2D eigenvalue weighted by Crippen LogP contribution is -2.12. The molecule has 7 heteroatoms. The van der Waals surface area contributed by atoms with Gasteiger partial charge in [-0.15, -0.1) is 0 Å². The fraction of sp³-hybridized carbons (Fsp3) is 0.158. The smallest absolute Gasteiger partial charge is 0.256 e. The first-order chi connectivity index (χ1) is 12.6. The predicted molar refractivity (Wildman–Crippen MR) is 98.2 cm³/mol. The van der Waals surface area contributed by atoms with Crippen LogP contribution < -0.4 is 5.32 Å². The minimum Gasteiger partial charge on any atom is -0.305 e. The Morgan fingerprint density at radius 3 is 2.69 bits per heavy atom. The zero-order valence-corrected chi connectivity index (χ0v) is 14.5. The molecule has 0 radical (unpaired) electrons. The van der Waals surface area contributed by atoms with Gasteiger partial charge in [-0.05, 0) is 43.7 Å². The molecule has 1 N–H and O–H groups in total. The minimum absolute atomic E-state index is 0.203. The van der Waals surface area contributed by atoms with Crippen molar-refractivity contribution in [1.29, 1.82) is 0 Å². The molecule has 0 atom stereocenters. The fourth-order valence-corrected chi connectivity index (χ4v) is 2.85. The van der Waals surface area contributed by atoms with Gasteiger partial charge in [0.15, 0.2) is 5.82 Å². The molecular weight excluding hydrogens is 328 g/mol. The van der Waals surface area contributed by atoms with Crippen LogP contribution in [0.25, 0.3) is 5.78 Å². The van der Waals surface area contributed by atoms with Crippen LogP contribution in [0.5, 0.6) is 0 Å². The molecule has 0 saturated carbocycles. The van der Waals surface area contributed by atoms with Crippen LogP contribution in [0, 0.1) is 13.8 Å². The summed E-state index contributed by atoms with van der Waals surface area (Å²) in [6, 6.07) is 11.4. The summed E-state index contributed by atoms with van der Waals surface area (Å²) in [6.07, 6.45) is 5.23. The number of imidazole rings is 1. The van der Waals surface area contributed by atoms with Gasteiger partial charge in [0.1, 0.15) is 0 Å². The number of aryl methyl sites for hydroxylation is 2. The van der Waals surface area contributed by atoms with Crippen LogP contribution in [0.15, 0.2) is 55.0 Å². The molecule has 0 spiro atoms. The molecule has 130 valence electrons. The number of amides is 1. The second kappa shape index (κ2) is 6.44. The van der Waals surface area contributed by atoms with Gasteiger partial charge < -0.3 is 5.32 Å². The highest BCUT2D eigenvalue weighted by atomic mass is 16.1. The first-order valence-corrected chi connectivity index (χ1v) is 8.29. The lowest BCUT2D eigenvalue weighted by Gasteiger charge is -2.06. The summed E-state index contributed by atoms with van der Waals surface area (Å²) in [5, 5.41) is 7.26. The number of carbonyl (C=O) groups is 1. The first-order valence-electron chi connectivity index (χ1n) is 8.29. The lowest BCUT2D eigenvalue weighted by atomic mass is 10.1. The van der Waals surface area contributed by atoms with Gasteiger partial charge in [-0.1, -0.05) is 12.1 Å². The zero-order valence-electron chi connectivity index (χ0n) is 14.5. The standard InChI is InChI=1S/C19H18N6O/c1-13-10-14(2)25(23-13)11-15-4-6-16(7-5-15)18(26)21-17-12-24-9-3-8-20-19(24)22-17/h3-10,12H,11H2,1-2H3,(H,21,26). The molecule has 0 aliphatic rings. The maximum Gasteiger partial charge on any atom is 0.256 e. The molecule has 0 unspecified atom stereocenters. The molecule has 26 heavy (non-hydrogen) atoms. The molecule has 3 aromatic heterocycles. The fourth-order valence-electron chi connectivity index (χ4n) is 2.85. The number of benzene rings is 1. The Hall–Kier alpha value is -3.48. The van der Waals surface area contributed by atoms with Gasteiger partial charge in [-0.3, -0.25) is 13.9 Å². The summed E-state index contributed by atoms with van der Waals surface area (Å²) in [5.41, 5.74) is 3.78. The van der Waals surface area contributed by atoms with Crippen molar-refractivity contribution in [2.75, 3.05) is 5.32 Å². The molecule has 1 aromatic carbocycles. The summed E-state index contributed by atoms with van der Waals surface area (Å²) in [5.74, 6) is 0.814. The Labute approximate surface area is 150 Å². The van der Waals surface area contributed by atoms with E-state index in [9.17, 15) is 4.79 Å². The van der Waals surface area contributed by atoms with E-state index in [-0.39, 0.29) is 5.91 Å². The van der Waals surface area contributed by atoms with E-state index in [4.69, 9.17) is 0 Å². The van der Waals surface area contributed by atoms with Crippen molar-refractivity contribution in [2.24, 2.45) is 0 Å². The maximum absolute atomic E-state index is 12.4. The van der Waals surface area contributed by atoms with E-state index in [1.54, 1.807) is 16.8 Å². The SMILES string of the molecule is Cc1cc(C)n(Cc2ccc(C(=O)Nc3cn4cccnc4n3)cc2)n1. The number of hydrogen-bond donors (Lipinski definition) is 1. The molecule has 3 heterocycles. The number of hydrogen-bond acceptors (Lipinski definition) is 4. The van der Waals surface area contributed by atoms with Gasteiger partial charge in [-0.25, -0.2) is 4.98 Å². The van der Waals surface area contributed by atoms with Crippen molar-refractivity contribution in [3.63, 3.8) is 0 Å². The van der Waals surface area contributed by atoms with Crippen LogP contribution >= 0.6 is 0 Å². The molecule has 0 fully saturated rings. The molecule has 1 amide bonds. The number of fused-ring (bicyclic) bond motifs is 1. The summed E-state index contributed by atoms with van der Waals surface area (Å²) in [7, 11) is 0. The monoisotopic (exact) mass is 346 g/mol. The molecular formula is C19H18N6O. The number of nitrogens with zero attached hydrogens (tertiary/aromatic N) is 5. The summed E-state index contributed by atoms with van der Waals surface area (Å²) in [6.45, 7) is 4.69. The van der Waals surface area contributed by atoms with Crippen LogP contribution in [-0.4, -0.2) is 30.1 Å². The largest absolute Gasteiger partial charge is 0.305 e. The van der Waals surface area contributed by atoms with Gasteiger partial charge >= 0.3 is 0 Å². The third kappa shape index (κ3) is 3.19. The third-order valence-electron chi connectivity index (χ3n) is 4.13. The van der Waals surface area contributed by atoms with Crippen molar-refractivity contribution in [1.82, 2.24) is 24.1 Å². The predicted octanol–water partition coefficient (Wildman–Crippen LogP) is 2.84. The Balaban J connectivity index is 1.47. The highest BCUT2D eigenvalue weighted by Crippen LogP contribution is 2.12. The van der Waals surface area contributed by atoms with Gasteiger partial charge in [0.2, 0.25) is 5.78 Å². The van der Waals surface area contributed by atoms with E-state index in [0.29, 0.717) is 23.7 Å². The summed E-state index contributed by atoms with van der Waals surface area (Å²) >= 11 is 0. The average Bonchev–Trinajstić information content (AvgIpc) is 3.17. The highest BCUT2D eigenvalue weighted by molar-refractivity contribution is 6.03. The molecule has 4 rings (SSSR count). The van der Waals surface area contributed by atoms with Crippen molar-refractivity contribution in [2.45, 2.75) is 20.4 Å². The van der Waals surface area contributed by atoms with Gasteiger partial charge in [0.25, 0.3) is 5.91 Å². The first kappa shape index (κ1) is 16.0. The van der Waals surface area contributed by atoms with Crippen molar-refractivity contribution < 1.29 is 4.79 Å². The second-order valence-corrected chi connectivity index (χ2v) is 6.19. The Morgan fingerprint density at radius 2 is 2.00 bits per heavy atom. The minimum atomic E-state index is -0.203. The molecule has 0 bridgehead atoms. The molecule has 0 aliphatic carbocycles. The van der Waals surface area contributed by atoms with E-state index < -0.39 is 0 Å². The van der Waals surface area contributed by atoms with E-state index in [2.05, 4.69) is 20.4 Å². The van der Waals surface area contributed by atoms with Crippen molar-refractivity contribution >= 4 is 17.5 Å². The van der Waals surface area contributed by atoms with Gasteiger partial charge in [-0.2, -0.15) is 10.1 Å². The number of nitrogens with one attached hydrogen (secondary N) is 1. The van der Waals surface area contributed by atoms with Crippen LogP contribution in [0.4, 0.5) is 5.82 Å². The van der Waals surface area contributed by atoms with Gasteiger partial charge in [0.05, 0.1) is 18.4 Å². The van der Waals surface area contributed by atoms with E-state index in [1.807, 2.05) is 61.1 Å². The number of anilines is 1. The Bertz CT molecular complexity index is 1040. The average molecular weight is 346 g/mol. The van der Waals surface area contributed by atoms with Crippen LogP contribution in [0.1, 0.15) is 27.3 Å². The summed E-state index contributed by atoms with van der Waals surface area (Å²) in [4.78, 5) is 20.8. The maximum atomic E-state index is 12.4. The molecule has 0 aliphatic heterocycles. The molecule has 4 aromatic rings. The Kier molecular flexibility index (Phi) is 3.96. The lowest BCUT2D eigenvalue weighted by molar-refractivity contribution is 0.102. The van der Waals surface area contributed by atoms with Crippen LogP contribution in [0.2, 0.25) is 0 Å². The van der Waals surface area contributed by atoms with Gasteiger partial charge in [0, 0.05) is 23.7 Å². The number of carbonyl (C=O) groups excluding carboxylic acids is 1. The van der Waals surface area contributed by atoms with E-state index >= 15 is 0 Å². The van der Waals surface area contributed by atoms with Crippen LogP contribution in [-0.2, 0) is 6.54 Å². The Morgan fingerprint density at radius 1 is 1.19 bits per heavy atom. The molecule has 0 saturated heterocycles. The normalized spacial score (nSPS) is 11.0. The number of rotatable bonds is 4. The third-order valence-corrected chi connectivity index (χ3v) is 4.13. The van der Waals surface area contributed by atoms with E-state index in [1.165, 1.54) is 0 Å². The van der Waals surface area contributed by atoms with Crippen molar-refractivity contribution in [3.8, 4) is 0 Å². The zero-order chi connectivity index (χ0) is 18.1. The van der Waals surface area contributed by atoms with E-state index in [0.717, 1.165) is 17.0 Å². The summed E-state index contributed by atoms with van der Waals surface area (Å²) < 4.78 is 3.71. The highest BCUT2D eigenvalue weighted by Gasteiger charge is 2.10. The number of aromatic nitrogens is 5. The van der Waals surface area contributed by atoms with Crippen molar-refractivity contribution in [3.05, 3.63) is 77.5 Å². The quantitative estimate of drug-likeness (QED) is 0.616.